The number of fused-ring (bicyclic) bond motifs is 1. The molecular formula is C21H34IN5O2. The molecule has 2 N–H and O–H groups in total. The highest BCUT2D eigenvalue weighted by molar-refractivity contribution is 14.0. The summed E-state index contributed by atoms with van der Waals surface area (Å²) in [5.74, 6) is 0.711. The highest BCUT2D eigenvalue weighted by Gasteiger charge is 2.20. The summed E-state index contributed by atoms with van der Waals surface area (Å²) in [5.41, 5.74) is 2.54. The first kappa shape index (κ1) is 25.2. The maximum Gasteiger partial charge on any atom is 0.244 e. The number of benzene rings is 1. The summed E-state index contributed by atoms with van der Waals surface area (Å²) in [6.07, 6.45) is 1.29. The van der Waals surface area contributed by atoms with Crippen molar-refractivity contribution in [1.29, 1.82) is 0 Å². The Morgan fingerprint density at radius 2 is 1.79 bits per heavy atom. The first-order valence-electron chi connectivity index (χ1n) is 10.2. The molecule has 1 aromatic carbocycles. The highest BCUT2D eigenvalue weighted by Crippen LogP contribution is 2.18. The topological polar surface area (TPSA) is 77.0 Å². The van der Waals surface area contributed by atoms with Crippen molar-refractivity contribution in [1.82, 2.24) is 20.4 Å². The standard InChI is InChI=1S/C21H33N5O2.HI/c1-4-22-21(23-13-11-19(27)25(5-2)6-3)24-15-20(28)26-14-12-17-9-7-8-10-18(17)16-26;/h7-10H,4-6,11-16H2,1-3H3,(H2,22,23,24);1H. The van der Waals surface area contributed by atoms with Crippen LogP contribution in [0.25, 0.3) is 0 Å². The quantitative estimate of drug-likeness (QED) is 0.316. The third kappa shape index (κ3) is 7.83. The second kappa shape index (κ2) is 13.4. The second-order valence-corrected chi connectivity index (χ2v) is 6.77. The van der Waals surface area contributed by atoms with Crippen LogP contribution in [0, 0.1) is 0 Å². The average molecular weight is 515 g/mol. The molecule has 2 amide bonds. The van der Waals surface area contributed by atoms with Crippen molar-refractivity contribution in [3.63, 3.8) is 0 Å². The van der Waals surface area contributed by atoms with Gasteiger partial charge in [0.25, 0.3) is 0 Å². The number of nitrogens with one attached hydrogen (secondary N) is 2. The summed E-state index contributed by atoms with van der Waals surface area (Å²) < 4.78 is 0. The lowest BCUT2D eigenvalue weighted by Gasteiger charge is -2.28. The number of carbonyl (C=O) groups excluding carboxylic acids is 2. The van der Waals surface area contributed by atoms with Crippen molar-refractivity contribution in [2.24, 2.45) is 4.99 Å². The van der Waals surface area contributed by atoms with E-state index in [1.165, 1.54) is 11.1 Å². The molecule has 0 saturated heterocycles. The number of carbonyl (C=O) groups is 2. The van der Waals surface area contributed by atoms with Crippen molar-refractivity contribution in [3.8, 4) is 0 Å². The molecule has 1 aliphatic rings. The Hall–Kier alpha value is -1.84. The molecule has 0 spiro atoms. The molecule has 0 aliphatic carbocycles. The van der Waals surface area contributed by atoms with Crippen LogP contribution >= 0.6 is 24.0 Å². The fraction of sp³-hybridized carbons (Fsp3) is 0.571. The molecule has 1 aliphatic heterocycles. The average Bonchev–Trinajstić information content (AvgIpc) is 2.72. The Morgan fingerprint density at radius 3 is 2.45 bits per heavy atom. The van der Waals surface area contributed by atoms with Crippen LogP contribution in [0.3, 0.4) is 0 Å². The largest absolute Gasteiger partial charge is 0.357 e. The summed E-state index contributed by atoms with van der Waals surface area (Å²) in [6.45, 7) is 10.0. The predicted molar refractivity (Wildman–Crippen MR) is 128 cm³/mol. The molecule has 0 atom stereocenters. The van der Waals surface area contributed by atoms with Gasteiger partial charge in [-0.15, -0.1) is 24.0 Å². The Morgan fingerprint density at radius 1 is 1.10 bits per heavy atom. The molecular weight excluding hydrogens is 481 g/mol. The van der Waals surface area contributed by atoms with E-state index in [2.05, 4.69) is 27.8 Å². The number of guanidine groups is 1. The van der Waals surface area contributed by atoms with Gasteiger partial charge in [-0.25, -0.2) is 4.99 Å². The Balaban J connectivity index is 0.00000420. The van der Waals surface area contributed by atoms with Crippen LogP contribution in [0.5, 0.6) is 0 Å². The van der Waals surface area contributed by atoms with E-state index in [0.29, 0.717) is 32.0 Å². The predicted octanol–water partition coefficient (Wildman–Crippen LogP) is 2.00. The molecule has 1 aromatic rings. The van der Waals surface area contributed by atoms with E-state index < -0.39 is 0 Å². The number of amides is 2. The monoisotopic (exact) mass is 515 g/mol. The van der Waals surface area contributed by atoms with Gasteiger partial charge in [0, 0.05) is 45.7 Å². The van der Waals surface area contributed by atoms with E-state index in [-0.39, 0.29) is 42.3 Å². The SMILES string of the molecule is CCNC(=NCC(=O)N1CCc2ccccc2C1)NCCC(=O)N(CC)CC.I. The summed E-state index contributed by atoms with van der Waals surface area (Å²) in [6, 6.07) is 8.26. The fourth-order valence-electron chi connectivity index (χ4n) is 3.32. The van der Waals surface area contributed by atoms with Gasteiger partial charge in [-0.1, -0.05) is 24.3 Å². The molecule has 0 bridgehead atoms. The minimum atomic E-state index is 0. The molecule has 162 valence electrons. The third-order valence-electron chi connectivity index (χ3n) is 4.95. The molecule has 0 saturated carbocycles. The lowest BCUT2D eigenvalue weighted by atomic mass is 10.00. The van der Waals surface area contributed by atoms with Gasteiger partial charge in [-0.3, -0.25) is 9.59 Å². The summed E-state index contributed by atoms with van der Waals surface area (Å²) in [4.78, 5) is 32.7. The lowest BCUT2D eigenvalue weighted by Crippen LogP contribution is -2.41. The van der Waals surface area contributed by atoms with E-state index >= 15 is 0 Å². The second-order valence-electron chi connectivity index (χ2n) is 6.77. The normalized spacial score (nSPS) is 13.2. The highest BCUT2D eigenvalue weighted by atomic mass is 127. The number of hydrogen-bond acceptors (Lipinski definition) is 3. The fourth-order valence-corrected chi connectivity index (χ4v) is 3.32. The van der Waals surface area contributed by atoms with Crippen molar-refractivity contribution < 1.29 is 9.59 Å². The number of rotatable bonds is 8. The number of aliphatic imine (C=N–C) groups is 1. The zero-order valence-electron chi connectivity index (χ0n) is 17.7. The van der Waals surface area contributed by atoms with Crippen molar-refractivity contribution in [2.75, 3.05) is 39.3 Å². The van der Waals surface area contributed by atoms with Gasteiger partial charge in [0.1, 0.15) is 6.54 Å². The van der Waals surface area contributed by atoms with E-state index in [9.17, 15) is 9.59 Å². The van der Waals surface area contributed by atoms with Crippen LogP contribution < -0.4 is 10.6 Å². The zero-order valence-corrected chi connectivity index (χ0v) is 20.1. The molecule has 29 heavy (non-hydrogen) atoms. The first-order valence-corrected chi connectivity index (χ1v) is 10.2. The van der Waals surface area contributed by atoms with Crippen LogP contribution in [-0.2, 0) is 22.6 Å². The van der Waals surface area contributed by atoms with Crippen LogP contribution in [-0.4, -0.2) is 66.8 Å². The van der Waals surface area contributed by atoms with Crippen LogP contribution in [0.15, 0.2) is 29.3 Å². The number of nitrogens with zero attached hydrogens (tertiary/aromatic N) is 3. The minimum absolute atomic E-state index is 0. The minimum Gasteiger partial charge on any atom is -0.357 e. The van der Waals surface area contributed by atoms with Gasteiger partial charge in [-0.2, -0.15) is 0 Å². The van der Waals surface area contributed by atoms with Gasteiger partial charge in [-0.05, 0) is 38.3 Å². The van der Waals surface area contributed by atoms with Crippen molar-refractivity contribution >= 4 is 41.8 Å². The van der Waals surface area contributed by atoms with E-state index in [0.717, 1.165) is 26.1 Å². The van der Waals surface area contributed by atoms with Gasteiger partial charge < -0.3 is 20.4 Å². The summed E-state index contributed by atoms with van der Waals surface area (Å²) >= 11 is 0. The van der Waals surface area contributed by atoms with Crippen LogP contribution in [0.4, 0.5) is 0 Å². The summed E-state index contributed by atoms with van der Waals surface area (Å²) in [7, 11) is 0. The molecule has 7 nitrogen and oxygen atoms in total. The van der Waals surface area contributed by atoms with Crippen LogP contribution in [0.1, 0.15) is 38.3 Å². The molecule has 0 unspecified atom stereocenters. The van der Waals surface area contributed by atoms with E-state index in [1.54, 1.807) is 0 Å². The van der Waals surface area contributed by atoms with Gasteiger partial charge >= 0.3 is 0 Å². The van der Waals surface area contributed by atoms with E-state index in [1.807, 2.05) is 42.7 Å². The smallest absolute Gasteiger partial charge is 0.244 e. The maximum absolute atomic E-state index is 12.6. The Labute approximate surface area is 191 Å². The molecule has 2 rings (SSSR count). The summed E-state index contributed by atoms with van der Waals surface area (Å²) in [5, 5.41) is 6.28. The first-order chi connectivity index (χ1) is 13.6. The van der Waals surface area contributed by atoms with Crippen LogP contribution in [0.2, 0.25) is 0 Å². The number of halogens is 1. The van der Waals surface area contributed by atoms with Crippen molar-refractivity contribution in [2.45, 2.75) is 40.2 Å². The Kier molecular flexibility index (Phi) is 11.6. The third-order valence-corrected chi connectivity index (χ3v) is 4.95. The van der Waals surface area contributed by atoms with Gasteiger partial charge in [0.15, 0.2) is 5.96 Å². The molecule has 0 aromatic heterocycles. The van der Waals surface area contributed by atoms with Gasteiger partial charge in [0.05, 0.1) is 0 Å². The Bertz CT molecular complexity index is 691. The van der Waals surface area contributed by atoms with Gasteiger partial charge in [0.2, 0.25) is 11.8 Å². The van der Waals surface area contributed by atoms with Crippen molar-refractivity contribution in [3.05, 3.63) is 35.4 Å². The molecule has 0 fully saturated rings. The zero-order chi connectivity index (χ0) is 20.4. The van der Waals surface area contributed by atoms with E-state index in [4.69, 9.17) is 0 Å². The lowest BCUT2D eigenvalue weighted by molar-refractivity contribution is -0.131. The maximum atomic E-state index is 12.6. The molecule has 1 heterocycles. The molecule has 0 radical (unpaired) electrons. The number of hydrogen-bond donors (Lipinski definition) is 2. The molecule has 8 heteroatoms.